The number of hydrogen-bond donors (Lipinski definition) is 1. The van der Waals surface area contributed by atoms with Gasteiger partial charge in [-0.25, -0.2) is 0 Å². The van der Waals surface area contributed by atoms with Crippen molar-refractivity contribution in [2.24, 2.45) is 5.73 Å². The Morgan fingerprint density at radius 3 is 2.67 bits per heavy atom. The molecule has 2 nitrogen and oxygen atoms in total. The maximum absolute atomic E-state index is 5.66. The highest BCUT2D eigenvalue weighted by Gasteiger charge is 2.01. The van der Waals surface area contributed by atoms with Crippen molar-refractivity contribution in [3.8, 4) is 5.75 Å². The largest absolute Gasteiger partial charge is 0.491 e. The Balaban J connectivity index is 2.34. The summed E-state index contributed by atoms with van der Waals surface area (Å²) in [6, 6.07) is 14.3. The van der Waals surface area contributed by atoms with E-state index in [0.717, 1.165) is 11.1 Å². The van der Waals surface area contributed by atoms with Gasteiger partial charge in [0.15, 0.2) is 0 Å². The molecule has 0 saturated carbocycles. The summed E-state index contributed by atoms with van der Waals surface area (Å²) in [7, 11) is 0. The molecule has 2 aromatic rings. The minimum atomic E-state index is 0.0592. The molecule has 2 heteroatoms. The summed E-state index contributed by atoms with van der Waals surface area (Å²) in [5, 5.41) is 2.33. The average molecular weight is 201 g/mol. The third-order valence-electron chi connectivity index (χ3n) is 2.25. The minimum absolute atomic E-state index is 0.0592. The average Bonchev–Trinajstić information content (AvgIpc) is 2.26. The van der Waals surface area contributed by atoms with Crippen LogP contribution in [-0.2, 0) is 0 Å². The lowest BCUT2D eigenvalue weighted by atomic mass is 10.1. The summed E-state index contributed by atoms with van der Waals surface area (Å²) in [6.07, 6.45) is 0. The van der Waals surface area contributed by atoms with Gasteiger partial charge in [-0.3, -0.25) is 0 Å². The minimum Gasteiger partial charge on any atom is -0.491 e. The summed E-state index contributed by atoms with van der Waals surface area (Å²) in [6.45, 7) is 2.49. The first-order valence-electron chi connectivity index (χ1n) is 5.13. The molecular formula is C13H15NO. The molecular weight excluding hydrogens is 186 g/mol. The maximum Gasteiger partial charge on any atom is 0.127 e. The van der Waals surface area contributed by atoms with Gasteiger partial charge in [-0.15, -0.1) is 0 Å². The normalized spacial score (nSPS) is 12.7. The van der Waals surface area contributed by atoms with E-state index in [1.807, 2.05) is 31.2 Å². The van der Waals surface area contributed by atoms with Crippen LogP contribution in [0.2, 0.25) is 0 Å². The Kier molecular flexibility index (Phi) is 2.88. The number of hydrogen-bond acceptors (Lipinski definition) is 2. The van der Waals surface area contributed by atoms with E-state index in [0.29, 0.717) is 6.61 Å². The fraction of sp³-hybridized carbons (Fsp3) is 0.231. The van der Waals surface area contributed by atoms with Gasteiger partial charge in [0, 0.05) is 11.4 Å². The van der Waals surface area contributed by atoms with Gasteiger partial charge in [0.25, 0.3) is 0 Å². The van der Waals surface area contributed by atoms with Crippen LogP contribution in [0.15, 0.2) is 42.5 Å². The second-order valence-electron chi connectivity index (χ2n) is 3.77. The van der Waals surface area contributed by atoms with E-state index in [4.69, 9.17) is 10.5 Å². The van der Waals surface area contributed by atoms with E-state index in [1.54, 1.807) is 0 Å². The Hall–Kier alpha value is -1.54. The zero-order valence-corrected chi connectivity index (χ0v) is 8.81. The molecule has 15 heavy (non-hydrogen) atoms. The van der Waals surface area contributed by atoms with Gasteiger partial charge in [0.05, 0.1) is 0 Å². The lowest BCUT2D eigenvalue weighted by Gasteiger charge is -2.10. The molecule has 0 spiro atoms. The van der Waals surface area contributed by atoms with Crippen molar-refractivity contribution in [2.75, 3.05) is 6.61 Å². The zero-order valence-electron chi connectivity index (χ0n) is 8.81. The third-order valence-corrected chi connectivity index (χ3v) is 2.25. The molecule has 0 saturated heterocycles. The summed E-state index contributed by atoms with van der Waals surface area (Å²) >= 11 is 0. The molecule has 0 heterocycles. The molecule has 0 bridgehead atoms. The maximum atomic E-state index is 5.66. The van der Waals surface area contributed by atoms with Gasteiger partial charge >= 0.3 is 0 Å². The Morgan fingerprint density at radius 1 is 1.13 bits per heavy atom. The predicted octanol–water partition coefficient (Wildman–Crippen LogP) is 2.57. The Bertz CT molecular complexity index is 446. The van der Waals surface area contributed by atoms with Crippen molar-refractivity contribution in [2.45, 2.75) is 13.0 Å². The molecule has 0 aliphatic heterocycles. The van der Waals surface area contributed by atoms with Crippen LogP contribution in [0.25, 0.3) is 10.8 Å². The van der Waals surface area contributed by atoms with Crippen molar-refractivity contribution in [1.29, 1.82) is 0 Å². The summed E-state index contributed by atoms with van der Waals surface area (Å²) in [5.41, 5.74) is 5.66. The van der Waals surface area contributed by atoms with Crippen molar-refractivity contribution in [3.63, 3.8) is 0 Å². The Labute approximate surface area is 89.7 Å². The second-order valence-corrected chi connectivity index (χ2v) is 3.77. The van der Waals surface area contributed by atoms with Gasteiger partial charge in [-0.1, -0.05) is 36.4 Å². The quantitative estimate of drug-likeness (QED) is 0.828. The number of fused-ring (bicyclic) bond motifs is 1. The van der Waals surface area contributed by atoms with Crippen LogP contribution in [0.1, 0.15) is 6.92 Å². The molecule has 0 fully saturated rings. The molecule has 0 amide bonds. The molecule has 1 unspecified atom stereocenters. The third kappa shape index (κ3) is 2.28. The predicted molar refractivity (Wildman–Crippen MR) is 63.1 cm³/mol. The fourth-order valence-corrected chi connectivity index (χ4v) is 1.54. The first-order chi connectivity index (χ1) is 7.27. The van der Waals surface area contributed by atoms with Crippen molar-refractivity contribution < 1.29 is 4.74 Å². The lowest BCUT2D eigenvalue weighted by Crippen LogP contribution is -2.23. The Morgan fingerprint density at radius 2 is 1.87 bits per heavy atom. The van der Waals surface area contributed by atoms with Gasteiger partial charge in [0.2, 0.25) is 0 Å². The van der Waals surface area contributed by atoms with Crippen molar-refractivity contribution in [1.82, 2.24) is 0 Å². The number of benzene rings is 2. The molecule has 78 valence electrons. The molecule has 0 aliphatic carbocycles. The molecule has 2 rings (SSSR count). The van der Waals surface area contributed by atoms with E-state index in [1.165, 1.54) is 5.39 Å². The van der Waals surface area contributed by atoms with Crippen LogP contribution in [0.4, 0.5) is 0 Å². The highest BCUT2D eigenvalue weighted by molar-refractivity contribution is 5.88. The number of nitrogens with two attached hydrogens (primary N) is 1. The highest BCUT2D eigenvalue weighted by Crippen LogP contribution is 2.24. The summed E-state index contributed by atoms with van der Waals surface area (Å²) in [4.78, 5) is 0. The molecule has 0 aliphatic rings. The first kappa shape index (κ1) is 9.99. The van der Waals surface area contributed by atoms with Crippen LogP contribution in [-0.4, -0.2) is 12.6 Å². The molecule has 1 atom stereocenters. The standard InChI is InChI=1S/C13H15NO/c1-10(14)9-15-13-8-4-6-11-5-2-3-7-12(11)13/h2-8,10H,9,14H2,1H3. The molecule has 0 radical (unpaired) electrons. The smallest absolute Gasteiger partial charge is 0.127 e. The summed E-state index contributed by atoms with van der Waals surface area (Å²) in [5.74, 6) is 0.908. The first-order valence-corrected chi connectivity index (χ1v) is 5.13. The molecule has 2 N–H and O–H groups in total. The van der Waals surface area contributed by atoms with E-state index >= 15 is 0 Å². The van der Waals surface area contributed by atoms with E-state index in [2.05, 4.69) is 18.2 Å². The molecule has 0 aromatic heterocycles. The lowest BCUT2D eigenvalue weighted by molar-refractivity contribution is 0.299. The monoisotopic (exact) mass is 201 g/mol. The van der Waals surface area contributed by atoms with E-state index in [-0.39, 0.29) is 6.04 Å². The second kappa shape index (κ2) is 4.32. The van der Waals surface area contributed by atoms with E-state index < -0.39 is 0 Å². The van der Waals surface area contributed by atoms with Gasteiger partial charge in [-0.2, -0.15) is 0 Å². The van der Waals surface area contributed by atoms with Crippen LogP contribution in [0.3, 0.4) is 0 Å². The number of rotatable bonds is 3. The van der Waals surface area contributed by atoms with Crippen LogP contribution in [0, 0.1) is 0 Å². The zero-order chi connectivity index (χ0) is 10.7. The molecule has 2 aromatic carbocycles. The van der Waals surface area contributed by atoms with Crippen molar-refractivity contribution in [3.05, 3.63) is 42.5 Å². The summed E-state index contributed by atoms with van der Waals surface area (Å²) < 4.78 is 5.66. The van der Waals surface area contributed by atoms with Gasteiger partial charge in [0.1, 0.15) is 12.4 Å². The number of ether oxygens (including phenoxy) is 1. The van der Waals surface area contributed by atoms with Gasteiger partial charge < -0.3 is 10.5 Å². The highest BCUT2D eigenvalue weighted by atomic mass is 16.5. The van der Waals surface area contributed by atoms with Crippen LogP contribution < -0.4 is 10.5 Å². The van der Waals surface area contributed by atoms with Crippen LogP contribution in [0.5, 0.6) is 5.75 Å². The van der Waals surface area contributed by atoms with E-state index in [9.17, 15) is 0 Å². The topological polar surface area (TPSA) is 35.2 Å². The van der Waals surface area contributed by atoms with Crippen LogP contribution >= 0.6 is 0 Å². The van der Waals surface area contributed by atoms with Crippen molar-refractivity contribution >= 4 is 10.8 Å². The fourth-order valence-electron chi connectivity index (χ4n) is 1.54. The SMILES string of the molecule is CC(N)COc1cccc2ccccc12. The van der Waals surface area contributed by atoms with Gasteiger partial charge in [-0.05, 0) is 18.4 Å².